The minimum absolute atomic E-state index is 0.162. The molecule has 0 saturated heterocycles. The molecular formula is C22H17ClN6O. The molecule has 8 heteroatoms. The normalized spacial score (nSPS) is 11.8. The maximum atomic E-state index is 12.5. The fourth-order valence-corrected chi connectivity index (χ4v) is 3.13. The highest BCUT2D eigenvalue weighted by atomic mass is 35.5. The zero-order chi connectivity index (χ0) is 20.9. The van der Waals surface area contributed by atoms with Crippen molar-refractivity contribution in [2.75, 3.05) is 0 Å². The highest BCUT2D eigenvalue weighted by Crippen LogP contribution is 2.23. The van der Waals surface area contributed by atoms with E-state index in [4.69, 9.17) is 17.3 Å². The first kappa shape index (κ1) is 19.4. The average molecular weight is 417 g/mol. The van der Waals surface area contributed by atoms with Crippen LogP contribution >= 0.6 is 11.6 Å². The Bertz CT molecular complexity index is 1280. The van der Waals surface area contributed by atoms with Crippen molar-refractivity contribution in [3.05, 3.63) is 112 Å². The summed E-state index contributed by atoms with van der Waals surface area (Å²) in [6.07, 6.45) is 7.95. The van der Waals surface area contributed by atoms with E-state index in [1.807, 2.05) is 54.7 Å². The van der Waals surface area contributed by atoms with Gasteiger partial charge in [0.05, 0.1) is 27.8 Å². The topological polar surface area (TPSA) is 91.1 Å². The molecule has 4 rings (SSSR count). The Hall–Kier alpha value is -3.97. The first-order chi connectivity index (χ1) is 14.7. The Balaban J connectivity index is 1.78. The Kier molecular flexibility index (Phi) is 5.54. The van der Waals surface area contributed by atoms with Crippen molar-refractivity contribution in [1.82, 2.24) is 19.6 Å². The molecule has 2 N–H and O–H groups in total. The molecule has 30 heavy (non-hydrogen) atoms. The maximum absolute atomic E-state index is 12.5. The first-order valence-electron chi connectivity index (χ1n) is 9.08. The minimum atomic E-state index is -0.275. The lowest BCUT2D eigenvalue weighted by atomic mass is 10.2. The zero-order valence-corrected chi connectivity index (χ0v) is 16.5. The molecule has 0 amide bonds. The number of aliphatic imine (C=N–C) groups is 1. The van der Waals surface area contributed by atoms with Gasteiger partial charge in [-0.3, -0.25) is 4.79 Å². The number of para-hydroxylation sites is 1. The molecule has 0 spiro atoms. The number of nitrogens with two attached hydrogens (primary N) is 1. The molecule has 0 radical (unpaired) electrons. The molecule has 0 unspecified atom stereocenters. The van der Waals surface area contributed by atoms with Gasteiger partial charge >= 0.3 is 0 Å². The molecule has 2 aromatic carbocycles. The molecule has 0 atom stereocenters. The fraction of sp³-hybridized carbons (Fsp3) is 0. The molecule has 4 aromatic rings. The van der Waals surface area contributed by atoms with Gasteiger partial charge in [0.1, 0.15) is 0 Å². The summed E-state index contributed by atoms with van der Waals surface area (Å²) in [5.41, 5.74) is 7.93. The SMILES string of the molecule is NC=CC(=Nc1ccccc1)c1nn(-c2ccc(-n3cccn3)cc2Cl)ccc1=O. The van der Waals surface area contributed by atoms with Crippen LogP contribution in [-0.4, -0.2) is 25.3 Å². The highest BCUT2D eigenvalue weighted by molar-refractivity contribution is 6.32. The van der Waals surface area contributed by atoms with E-state index in [1.54, 1.807) is 29.2 Å². The van der Waals surface area contributed by atoms with Crippen LogP contribution in [0, 0.1) is 0 Å². The molecule has 7 nitrogen and oxygen atoms in total. The second kappa shape index (κ2) is 8.59. The summed E-state index contributed by atoms with van der Waals surface area (Å²) in [6, 6.07) is 18.0. The molecule has 0 bridgehead atoms. The number of nitrogens with zero attached hydrogens (tertiary/aromatic N) is 5. The largest absolute Gasteiger partial charge is 0.405 e. The van der Waals surface area contributed by atoms with Gasteiger partial charge in [-0.05, 0) is 48.7 Å². The van der Waals surface area contributed by atoms with Gasteiger partial charge in [-0.25, -0.2) is 14.4 Å². The van der Waals surface area contributed by atoms with Gasteiger partial charge in [-0.1, -0.05) is 29.8 Å². The lowest BCUT2D eigenvalue weighted by Gasteiger charge is -2.11. The van der Waals surface area contributed by atoms with E-state index >= 15 is 0 Å². The average Bonchev–Trinajstić information content (AvgIpc) is 3.30. The summed E-state index contributed by atoms with van der Waals surface area (Å²) in [5.74, 6) is 0. The van der Waals surface area contributed by atoms with Crippen LogP contribution in [0.5, 0.6) is 0 Å². The van der Waals surface area contributed by atoms with Gasteiger partial charge in [0, 0.05) is 24.7 Å². The third-order valence-electron chi connectivity index (χ3n) is 4.26. The molecule has 148 valence electrons. The maximum Gasteiger partial charge on any atom is 0.209 e. The van der Waals surface area contributed by atoms with Crippen LogP contribution in [0.2, 0.25) is 5.02 Å². The molecular weight excluding hydrogens is 400 g/mol. The van der Waals surface area contributed by atoms with Crippen molar-refractivity contribution < 1.29 is 0 Å². The number of rotatable bonds is 5. The number of aromatic nitrogens is 4. The van der Waals surface area contributed by atoms with E-state index in [2.05, 4.69) is 15.2 Å². The molecule has 0 aliphatic rings. The van der Waals surface area contributed by atoms with Gasteiger partial charge in [-0.15, -0.1) is 0 Å². The Morgan fingerprint density at radius 1 is 1.03 bits per heavy atom. The van der Waals surface area contributed by atoms with E-state index in [1.165, 1.54) is 16.9 Å². The fourth-order valence-electron chi connectivity index (χ4n) is 2.87. The third-order valence-corrected chi connectivity index (χ3v) is 4.56. The summed E-state index contributed by atoms with van der Waals surface area (Å²) < 4.78 is 3.24. The number of hydrogen-bond acceptors (Lipinski definition) is 5. The van der Waals surface area contributed by atoms with Gasteiger partial charge in [0.25, 0.3) is 0 Å². The number of hydrogen-bond donors (Lipinski definition) is 1. The second-order valence-corrected chi connectivity index (χ2v) is 6.66. The molecule has 2 aromatic heterocycles. The van der Waals surface area contributed by atoms with Crippen LogP contribution in [0.15, 0.2) is 101 Å². The van der Waals surface area contributed by atoms with Gasteiger partial charge < -0.3 is 5.73 Å². The number of benzene rings is 2. The summed E-state index contributed by atoms with van der Waals surface area (Å²) in [4.78, 5) is 17.0. The van der Waals surface area contributed by atoms with Crippen molar-refractivity contribution in [3.8, 4) is 11.4 Å². The van der Waals surface area contributed by atoms with Gasteiger partial charge in [0.15, 0.2) is 5.69 Å². The monoisotopic (exact) mass is 416 g/mol. The molecule has 0 fully saturated rings. The quantitative estimate of drug-likeness (QED) is 0.502. The lowest BCUT2D eigenvalue weighted by Crippen LogP contribution is -2.20. The number of halogens is 1. The molecule has 0 saturated carbocycles. The smallest absolute Gasteiger partial charge is 0.209 e. The van der Waals surface area contributed by atoms with Crippen LogP contribution in [0.4, 0.5) is 5.69 Å². The van der Waals surface area contributed by atoms with Crippen molar-refractivity contribution in [3.63, 3.8) is 0 Å². The first-order valence-corrected chi connectivity index (χ1v) is 9.46. The molecule has 0 aliphatic heterocycles. The van der Waals surface area contributed by atoms with Crippen LogP contribution < -0.4 is 11.2 Å². The summed E-state index contributed by atoms with van der Waals surface area (Å²) >= 11 is 6.50. The number of allylic oxidation sites excluding steroid dienone is 1. The van der Waals surface area contributed by atoms with E-state index in [0.717, 1.165) is 5.69 Å². The summed E-state index contributed by atoms with van der Waals surface area (Å²) in [5, 5.41) is 9.13. The lowest BCUT2D eigenvalue weighted by molar-refractivity contribution is 0.826. The Morgan fingerprint density at radius 3 is 2.57 bits per heavy atom. The minimum Gasteiger partial charge on any atom is -0.405 e. The van der Waals surface area contributed by atoms with E-state index in [0.29, 0.717) is 22.1 Å². The Morgan fingerprint density at radius 2 is 1.87 bits per heavy atom. The van der Waals surface area contributed by atoms with Gasteiger partial charge in [0.2, 0.25) is 5.43 Å². The van der Waals surface area contributed by atoms with Crippen molar-refractivity contribution >= 4 is 23.0 Å². The van der Waals surface area contributed by atoms with Crippen LogP contribution in [-0.2, 0) is 0 Å². The molecule has 0 aliphatic carbocycles. The van der Waals surface area contributed by atoms with Crippen LogP contribution in [0.25, 0.3) is 11.4 Å². The zero-order valence-electron chi connectivity index (χ0n) is 15.8. The van der Waals surface area contributed by atoms with Crippen molar-refractivity contribution in [2.24, 2.45) is 10.7 Å². The predicted octanol–water partition coefficient (Wildman–Crippen LogP) is 3.66. The van der Waals surface area contributed by atoms with E-state index in [9.17, 15) is 4.79 Å². The highest BCUT2D eigenvalue weighted by Gasteiger charge is 2.12. The standard InChI is InChI=1S/C22H17ClN6O/c23-18-15-17(28-13-4-12-25-28)7-8-20(18)29-14-10-21(30)22(27-29)19(9-11-24)26-16-5-2-1-3-6-16/h1-15H,24H2. The molecule has 2 heterocycles. The van der Waals surface area contributed by atoms with E-state index < -0.39 is 0 Å². The predicted molar refractivity (Wildman–Crippen MR) is 118 cm³/mol. The summed E-state index contributed by atoms with van der Waals surface area (Å²) in [7, 11) is 0. The summed E-state index contributed by atoms with van der Waals surface area (Å²) in [6.45, 7) is 0. The van der Waals surface area contributed by atoms with E-state index in [-0.39, 0.29) is 11.1 Å². The Labute approximate surface area is 177 Å². The second-order valence-electron chi connectivity index (χ2n) is 6.25. The van der Waals surface area contributed by atoms with Crippen molar-refractivity contribution in [2.45, 2.75) is 0 Å². The van der Waals surface area contributed by atoms with Crippen LogP contribution in [0.1, 0.15) is 5.69 Å². The third kappa shape index (κ3) is 4.06. The van der Waals surface area contributed by atoms with Crippen LogP contribution in [0.3, 0.4) is 0 Å². The van der Waals surface area contributed by atoms with Gasteiger partial charge in [-0.2, -0.15) is 10.2 Å². The van der Waals surface area contributed by atoms with Crippen molar-refractivity contribution in [1.29, 1.82) is 0 Å².